The van der Waals surface area contributed by atoms with E-state index < -0.39 is 5.97 Å². The number of esters is 1. The Labute approximate surface area is 92.1 Å². The lowest BCUT2D eigenvalue weighted by molar-refractivity contribution is -0.132. The van der Waals surface area contributed by atoms with Crippen molar-refractivity contribution in [3.8, 4) is 0 Å². The van der Waals surface area contributed by atoms with Crippen LogP contribution in [0.5, 0.6) is 0 Å². The molecular weight excluding hydrogens is 218 g/mol. The molecule has 0 spiro atoms. The summed E-state index contributed by atoms with van der Waals surface area (Å²) in [7, 11) is 1.22. The number of methoxy groups -OCH3 is 1. The van der Waals surface area contributed by atoms with Gasteiger partial charge in [0.25, 0.3) is 0 Å². The van der Waals surface area contributed by atoms with Gasteiger partial charge in [-0.25, -0.2) is 4.79 Å². The maximum absolute atomic E-state index is 11.3. The molecule has 0 saturated heterocycles. The average molecular weight is 228 g/mol. The van der Waals surface area contributed by atoms with Crippen molar-refractivity contribution in [3.05, 3.63) is 35.4 Å². The third kappa shape index (κ3) is 2.47. The number of carbonyl (C=O) groups is 1. The predicted octanol–water partition coefficient (Wildman–Crippen LogP) is 1.78. The fraction of sp³-hybridized carbons (Fsp3) is 0.200. The molecule has 0 saturated carbocycles. The third-order valence-electron chi connectivity index (χ3n) is 1.90. The van der Waals surface area contributed by atoms with Crippen molar-refractivity contribution in [2.24, 2.45) is 5.16 Å². The zero-order chi connectivity index (χ0) is 11.3. The van der Waals surface area contributed by atoms with Crippen molar-refractivity contribution in [3.63, 3.8) is 0 Å². The van der Waals surface area contributed by atoms with Gasteiger partial charge in [-0.05, 0) is 5.56 Å². The summed E-state index contributed by atoms with van der Waals surface area (Å²) in [5, 5.41) is 11.7. The number of benzene rings is 1. The number of carbonyl (C=O) groups excluding carboxylic acids is 1. The van der Waals surface area contributed by atoms with Gasteiger partial charge in [-0.2, -0.15) is 0 Å². The molecule has 0 amide bonds. The second-order valence-electron chi connectivity index (χ2n) is 2.73. The smallest absolute Gasteiger partial charge is 0.360 e. The summed E-state index contributed by atoms with van der Waals surface area (Å²) >= 11 is 5.69. The Morgan fingerprint density at radius 3 is 2.73 bits per heavy atom. The zero-order valence-electron chi connectivity index (χ0n) is 8.11. The van der Waals surface area contributed by atoms with Crippen LogP contribution < -0.4 is 0 Å². The normalized spacial score (nSPS) is 11.2. The number of hydrogen-bond acceptors (Lipinski definition) is 4. The highest BCUT2D eigenvalue weighted by atomic mass is 35.5. The van der Waals surface area contributed by atoms with Crippen LogP contribution in [0.2, 0.25) is 0 Å². The number of nitrogens with zero attached hydrogens (tertiary/aromatic N) is 1. The fourth-order valence-electron chi connectivity index (χ4n) is 1.17. The van der Waals surface area contributed by atoms with Gasteiger partial charge in [0.15, 0.2) is 5.71 Å². The number of halogens is 1. The molecule has 4 nitrogen and oxygen atoms in total. The molecule has 0 unspecified atom stereocenters. The summed E-state index contributed by atoms with van der Waals surface area (Å²) < 4.78 is 4.48. The Kier molecular flexibility index (Phi) is 4.12. The van der Waals surface area contributed by atoms with Gasteiger partial charge in [-0.15, -0.1) is 11.6 Å². The van der Waals surface area contributed by atoms with Crippen molar-refractivity contribution in [2.45, 2.75) is 5.88 Å². The minimum absolute atomic E-state index is 0.145. The predicted molar refractivity (Wildman–Crippen MR) is 56.3 cm³/mol. The summed E-state index contributed by atoms with van der Waals surface area (Å²) in [6.45, 7) is 0. The SMILES string of the molecule is COC(=O)/C(=N\O)c1ccccc1CCl. The third-order valence-corrected chi connectivity index (χ3v) is 2.18. The highest BCUT2D eigenvalue weighted by Crippen LogP contribution is 2.13. The summed E-state index contributed by atoms with van der Waals surface area (Å²) in [6.07, 6.45) is 0. The van der Waals surface area contributed by atoms with Gasteiger partial charge in [0.05, 0.1) is 7.11 Å². The first-order valence-electron chi connectivity index (χ1n) is 4.19. The van der Waals surface area contributed by atoms with Gasteiger partial charge < -0.3 is 9.94 Å². The summed E-state index contributed by atoms with van der Waals surface area (Å²) in [6, 6.07) is 6.90. The van der Waals surface area contributed by atoms with Crippen molar-refractivity contribution < 1.29 is 14.7 Å². The van der Waals surface area contributed by atoms with Gasteiger partial charge >= 0.3 is 5.97 Å². The first-order valence-corrected chi connectivity index (χ1v) is 4.72. The van der Waals surface area contributed by atoms with E-state index in [9.17, 15) is 4.79 Å². The Bertz CT molecular complexity index is 390. The zero-order valence-corrected chi connectivity index (χ0v) is 8.86. The highest BCUT2D eigenvalue weighted by molar-refractivity contribution is 6.43. The second-order valence-corrected chi connectivity index (χ2v) is 3.00. The van der Waals surface area contributed by atoms with Gasteiger partial charge in [0, 0.05) is 11.4 Å². The van der Waals surface area contributed by atoms with Crippen LogP contribution in [0.4, 0.5) is 0 Å². The molecule has 0 heterocycles. The molecule has 0 fully saturated rings. The lowest BCUT2D eigenvalue weighted by Crippen LogP contribution is -2.18. The molecular formula is C10H10ClNO3. The number of hydrogen-bond donors (Lipinski definition) is 1. The Hall–Kier alpha value is -1.55. The molecule has 5 heteroatoms. The van der Waals surface area contributed by atoms with Crippen LogP contribution in [0.1, 0.15) is 11.1 Å². The second kappa shape index (κ2) is 5.36. The van der Waals surface area contributed by atoms with E-state index in [0.717, 1.165) is 0 Å². The maximum Gasteiger partial charge on any atom is 0.360 e. The van der Waals surface area contributed by atoms with Crippen molar-refractivity contribution in [1.29, 1.82) is 0 Å². The van der Waals surface area contributed by atoms with E-state index in [2.05, 4.69) is 9.89 Å². The van der Waals surface area contributed by atoms with Gasteiger partial charge in [0.2, 0.25) is 0 Å². The molecule has 0 aromatic heterocycles. The van der Waals surface area contributed by atoms with Gasteiger partial charge in [-0.1, -0.05) is 29.4 Å². The Morgan fingerprint density at radius 1 is 1.53 bits per heavy atom. The molecule has 0 bridgehead atoms. The quantitative estimate of drug-likeness (QED) is 0.282. The van der Waals surface area contributed by atoms with Crippen molar-refractivity contribution >= 4 is 23.3 Å². The van der Waals surface area contributed by atoms with E-state index in [1.807, 2.05) is 0 Å². The van der Waals surface area contributed by atoms with Crippen LogP contribution in [0.25, 0.3) is 0 Å². The number of alkyl halides is 1. The highest BCUT2D eigenvalue weighted by Gasteiger charge is 2.17. The molecule has 15 heavy (non-hydrogen) atoms. The minimum Gasteiger partial charge on any atom is -0.464 e. The Morgan fingerprint density at radius 2 is 2.20 bits per heavy atom. The van der Waals surface area contributed by atoms with Crippen molar-refractivity contribution in [1.82, 2.24) is 0 Å². The van der Waals surface area contributed by atoms with E-state index in [-0.39, 0.29) is 11.6 Å². The number of ether oxygens (including phenoxy) is 1. The molecule has 1 aromatic carbocycles. The fourth-order valence-corrected chi connectivity index (χ4v) is 1.40. The van der Waals surface area contributed by atoms with Gasteiger partial charge in [-0.3, -0.25) is 0 Å². The summed E-state index contributed by atoms with van der Waals surface area (Å²) in [5.74, 6) is -0.471. The standard InChI is InChI=1S/C10H10ClNO3/c1-15-10(13)9(12-14)8-5-3-2-4-7(8)6-11/h2-5,14H,6H2,1H3/b12-9-. The largest absolute Gasteiger partial charge is 0.464 e. The number of rotatable bonds is 3. The molecule has 1 aromatic rings. The van der Waals surface area contributed by atoms with E-state index in [1.165, 1.54) is 7.11 Å². The topological polar surface area (TPSA) is 58.9 Å². The molecule has 0 radical (unpaired) electrons. The number of oxime groups is 1. The molecule has 1 rings (SSSR count). The van der Waals surface area contributed by atoms with Crippen LogP contribution in [0.3, 0.4) is 0 Å². The molecule has 80 valence electrons. The van der Waals surface area contributed by atoms with Gasteiger partial charge in [0.1, 0.15) is 0 Å². The van der Waals surface area contributed by atoms with Crippen LogP contribution in [0.15, 0.2) is 29.4 Å². The first kappa shape index (κ1) is 11.5. The van der Waals surface area contributed by atoms with Crippen molar-refractivity contribution in [2.75, 3.05) is 7.11 Å². The van der Waals surface area contributed by atoms with Crippen LogP contribution in [-0.2, 0) is 15.4 Å². The molecule has 0 atom stereocenters. The first-order chi connectivity index (χ1) is 7.24. The van der Waals surface area contributed by atoms with E-state index in [0.29, 0.717) is 11.1 Å². The lowest BCUT2D eigenvalue weighted by Gasteiger charge is -2.06. The molecule has 1 N–H and O–H groups in total. The Balaban J connectivity index is 3.18. The summed E-state index contributed by atoms with van der Waals surface area (Å²) in [4.78, 5) is 11.3. The minimum atomic E-state index is -0.699. The van der Waals surface area contributed by atoms with E-state index >= 15 is 0 Å². The lowest BCUT2D eigenvalue weighted by atomic mass is 10.0. The maximum atomic E-state index is 11.3. The van der Waals surface area contributed by atoms with E-state index in [4.69, 9.17) is 16.8 Å². The monoisotopic (exact) mass is 227 g/mol. The molecule has 0 aliphatic carbocycles. The van der Waals surface area contributed by atoms with Crippen LogP contribution in [-0.4, -0.2) is 24.0 Å². The molecule has 0 aliphatic heterocycles. The van der Waals surface area contributed by atoms with E-state index in [1.54, 1.807) is 24.3 Å². The van der Waals surface area contributed by atoms with Crippen LogP contribution >= 0.6 is 11.6 Å². The molecule has 0 aliphatic rings. The average Bonchev–Trinajstić information content (AvgIpc) is 2.30. The summed E-state index contributed by atoms with van der Waals surface area (Å²) in [5.41, 5.74) is 1.04. The van der Waals surface area contributed by atoms with Crippen LogP contribution in [0, 0.1) is 0 Å².